The highest BCUT2D eigenvalue weighted by molar-refractivity contribution is 4.84. The van der Waals surface area contributed by atoms with Gasteiger partial charge in [-0.25, -0.2) is 4.98 Å². The number of ether oxygens (including phenoxy) is 2. The van der Waals surface area contributed by atoms with Crippen molar-refractivity contribution in [2.75, 3.05) is 26.4 Å². The maximum Gasteiger partial charge on any atom is 0.0945 e. The van der Waals surface area contributed by atoms with Crippen LogP contribution >= 0.6 is 0 Å². The van der Waals surface area contributed by atoms with Crippen LogP contribution in [0.15, 0.2) is 18.7 Å². The second-order valence-corrected chi connectivity index (χ2v) is 4.50. The second-order valence-electron chi connectivity index (χ2n) is 4.50. The van der Waals surface area contributed by atoms with Gasteiger partial charge in [-0.05, 0) is 6.42 Å². The van der Waals surface area contributed by atoms with Crippen LogP contribution in [0.3, 0.4) is 0 Å². The lowest BCUT2D eigenvalue weighted by atomic mass is 9.94. The first kappa shape index (κ1) is 12.5. The number of nitrogens with two attached hydrogens (primary N) is 1. The maximum atomic E-state index is 5.98. The zero-order valence-electron chi connectivity index (χ0n) is 10.2. The Morgan fingerprint density at radius 2 is 2.24 bits per heavy atom. The van der Waals surface area contributed by atoms with Crippen LogP contribution in [0, 0.1) is 0 Å². The molecule has 17 heavy (non-hydrogen) atoms. The number of rotatable bonds is 6. The molecule has 2 rings (SSSR count). The van der Waals surface area contributed by atoms with Crippen molar-refractivity contribution in [1.82, 2.24) is 9.55 Å². The van der Waals surface area contributed by atoms with Crippen molar-refractivity contribution >= 4 is 0 Å². The van der Waals surface area contributed by atoms with E-state index in [1.54, 1.807) is 6.20 Å². The zero-order valence-corrected chi connectivity index (χ0v) is 10.2. The molecule has 0 aliphatic carbocycles. The zero-order chi connectivity index (χ0) is 12.0. The van der Waals surface area contributed by atoms with Crippen LogP contribution in [-0.4, -0.2) is 41.5 Å². The van der Waals surface area contributed by atoms with Gasteiger partial charge in [-0.3, -0.25) is 0 Å². The lowest BCUT2D eigenvalue weighted by molar-refractivity contribution is -0.105. The van der Waals surface area contributed by atoms with Crippen molar-refractivity contribution in [2.24, 2.45) is 5.73 Å². The summed E-state index contributed by atoms with van der Waals surface area (Å²) in [5.41, 5.74) is 5.67. The highest BCUT2D eigenvalue weighted by Gasteiger charge is 2.31. The van der Waals surface area contributed by atoms with E-state index in [1.165, 1.54) is 0 Å². The predicted molar refractivity (Wildman–Crippen MR) is 64.6 cm³/mol. The maximum absolute atomic E-state index is 5.98. The van der Waals surface area contributed by atoms with Gasteiger partial charge in [-0.2, -0.15) is 0 Å². The summed E-state index contributed by atoms with van der Waals surface area (Å²) in [4.78, 5) is 4.01. The molecule has 5 nitrogen and oxygen atoms in total. The van der Waals surface area contributed by atoms with Crippen molar-refractivity contribution in [1.29, 1.82) is 0 Å². The Kier molecular flexibility index (Phi) is 4.53. The van der Waals surface area contributed by atoms with E-state index in [0.717, 1.165) is 45.6 Å². The highest BCUT2D eigenvalue weighted by Crippen LogP contribution is 2.24. The fourth-order valence-corrected chi connectivity index (χ4v) is 2.11. The van der Waals surface area contributed by atoms with Gasteiger partial charge in [0.2, 0.25) is 0 Å². The van der Waals surface area contributed by atoms with Crippen LogP contribution < -0.4 is 5.73 Å². The lowest BCUT2D eigenvalue weighted by Crippen LogP contribution is -2.45. The van der Waals surface area contributed by atoms with Gasteiger partial charge in [0.05, 0.1) is 11.9 Å². The molecule has 1 aliphatic heterocycles. The van der Waals surface area contributed by atoms with E-state index < -0.39 is 0 Å². The van der Waals surface area contributed by atoms with Gasteiger partial charge >= 0.3 is 0 Å². The van der Waals surface area contributed by atoms with Gasteiger partial charge in [0.1, 0.15) is 0 Å². The Morgan fingerprint density at radius 1 is 1.41 bits per heavy atom. The monoisotopic (exact) mass is 239 g/mol. The summed E-state index contributed by atoms with van der Waals surface area (Å²) in [5, 5.41) is 0. The average molecular weight is 239 g/mol. The molecule has 0 amide bonds. The Balaban J connectivity index is 1.69. The molecule has 1 aliphatic rings. The molecule has 2 heterocycles. The van der Waals surface area contributed by atoms with Gasteiger partial charge in [-0.1, -0.05) is 0 Å². The van der Waals surface area contributed by atoms with E-state index in [0.29, 0.717) is 6.54 Å². The molecule has 0 unspecified atom stereocenters. The summed E-state index contributed by atoms with van der Waals surface area (Å²) >= 11 is 0. The molecular formula is C12H21N3O2. The molecule has 5 heteroatoms. The number of nitrogens with zero attached hydrogens (tertiary/aromatic N) is 2. The number of imidazole rings is 1. The van der Waals surface area contributed by atoms with Crippen molar-refractivity contribution in [3.8, 4) is 0 Å². The number of hydrogen-bond acceptors (Lipinski definition) is 4. The normalized spacial score (nSPS) is 19.4. The van der Waals surface area contributed by atoms with Crippen molar-refractivity contribution in [3.63, 3.8) is 0 Å². The van der Waals surface area contributed by atoms with Crippen molar-refractivity contribution in [3.05, 3.63) is 18.7 Å². The van der Waals surface area contributed by atoms with Gasteiger partial charge < -0.3 is 19.8 Å². The predicted octanol–water partition coefficient (Wildman–Crippen LogP) is 0.798. The van der Waals surface area contributed by atoms with Crippen LogP contribution in [0.1, 0.15) is 19.3 Å². The molecule has 96 valence electrons. The van der Waals surface area contributed by atoms with Crippen LogP contribution in [0.5, 0.6) is 0 Å². The Bertz CT molecular complexity index is 308. The second kappa shape index (κ2) is 6.14. The SMILES string of the molecule is NCC1(OCCCn2ccnc2)CCOCC1. The average Bonchev–Trinajstić information content (AvgIpc) is 2.89. The summed E-state index contributed by atoms with van der Waals surface area (Å²) in [5.74, 6) is 0. The first-order valence-electron chi connectivity index (χ1n) is 6.22. The van der Waals surface area contributed by atoms with Crippen LogP contribution in [-0.2, 0) is 16.0 Å². The molecular weight excluding hydrogens is 218 g/mol. The van der Waals surface area contributed by atoms with E-state index >= 15 is 0 Å². The Morgan fingerprint density at radius 3 is 2.88 bits per heavy atom. The number of aromatic nitrogens is 2. The van der Waals surface area contributed by atoms with Crippen molar-refractivity contribution in [2.45, 2.75) is 31.4 Å². The summed E-state index contributed by atoms with van der Waals surface area (Å²) in [6, 6.07) is 0. The summed E-state index contributed by atoms with van der Waals surface area (Å²) in [6.45, 7) is 3.80. The van der Waals surface area contributed by atoms with Gasteiger partial charge in [0.25, 0.3) is 0 Å². The molecule has 0 spiro atoms. The molecule has 0 saturated carbocycles. The van der Waals surface area contributed by atoms with E-state index in [4.69, 9.17) is 15.2 Å². The summed E-state index contributed by atoms with van der Waals surface area (Å²) in [6.07, 6.45) is 8.39. The van der Waals surface area contributed by atoms with E-state index in [-0.39, 0.29) is 5.60 Å². The van der Waals surface area contributed by atoms with Gasteiger partial charge in [0.15, 0.2) is 0 Å². The minimum absolute atomic E-state index is 0.146. The Labute approximate surface area is 102 Å². The summed E-state index contributed by atoms with van der Waals surface area (Å²) < 4.78 is 13.4. The third kappa shape index (κ3) is 3.52. The lowest BCUT2D eigenvalue weighted by Gasteiger charge is -2.36. The van der Waals surface area contributed by atoms with Gasteiger partial charge in [-0.15, -0.1) is 0 Å². The summed E-state index contributed by atoms with van der Waals surface area (Å²) in [7, 11) is 0. The molecule has 1 aromatic rings. The quantitative estimate of drug-likeness (QED) is 0.746. The topological polar surface area (TPSA) is 62.3 Å². The molecule has 1 fully saturated rings. The van der Waals surface area contributed by atoms with E-state index in [2.05, 4.69) is 9.55 Å². The van der Waals surface area contributed by atoms with Crippen LogP contribution in [0.2, 0.25) is 0 Å². The third-order valence-electron chi connectivity index (χ3n) is 3.30. The molecule has 2 N–H and O–H groups in total. The van der Waals surface area contributed by atoms with E-state index in [9.17, 15) is 0 Å². The standard InChI is InChI=1S/C12H21N3O2/c13-10-12(2-8-16-9-3-12)17-7-1-5-15-6-4-14-11-15/h4,6,11H,1-3,5,7-10,13H2. The molecule has 0 aromatic carbocycles. The Hall–Kier alpha value is -0.910. The molecule has 1 aromatic heterocycles. The molecule has 0 atom stereocenters. The molecule has 0 radical (unpaired) electrons. The molecule has 1 saturated heterocycles. The molecule has 0 bridgehead atoms. The first-order chi connectivity index (χ1) is 8.35. The third-order valence-corrected chi connectivity index (χ3v) is 3.30. The minimum Gasteiger partial charge on any atom is -0.381 e. The van der Waals surface area contributed by atoms with Crippen molar-refractivity contribution < 1.29 is 9.47 Å². The highest BCUT2D eigenvalue weighted by atomic mass is 16.5. The van der Waals surface area contributed by atoms with Crippen LogP contribution in [0.4, 0.5) is 0 Å². The van der Waals surface area contributed by atoms with Gasteiger partial charge in [0, 0.05) is 58.1 Å². The minimum atomic E-state index is -0.146. The fraction of sp³-hybridized carbons (Fsp3) is 0.750. The largest absolute Gasteiger partial charge is 0.381 e. The number of hydrogen-bond donors (Lipinski definition) is 1. The van der Waals surface area contributed by atoms with Crippen LogP contribution in [0.25, 0.3) is 0 Å². The first-order valence-corrected chi connectivity index (χ1v) is 6.22. The van der Waals surface area contributed by atoms with E-state index in [1.807, 2.05) is 12.5 Å². The number of aryl methyl sites for hydroxylation is 1. The smallest absolute Gasteiger partial charge is 0.0945 e. The fourth-order valence-electron chi connectivity index (χ4n) is 2.11.